The summed E-state index contributed by atoms with van der Waals surface area (Å²) in [6.45, 7) is 4.89. The predicted octanol–water partition coefficient (Wildman–Crippen LogP) is 5.40. The average Bonchev–Trinajstić information content (AvgIpc) is 2.81. The molecule has 0 spiro atoms. The van der Waals surface area contributed by atoms with Gasteiger partial charge < -0.3 is 9.84 Å². The van der Waals surface area contributed by atoms with Crippen molar-refractivity contribution >= 4 is 5.97 Å². The van der Waals surface area contributed by atoms with Crippen molar-refractivity contribution in [1.82, 2.24) is 4.90 Å². The molecule has 1 aliphatic heterocycles. The zero-order valence-corrected chi connectivity index (χ0v) is 18.0. The van der Waals surface area contributed by atoms with Crippen molar-refractivity contribution in [3.8, 4) is 5.75 Å². The predicted molar refractivity (Wildman–Crippen MR) is 122 cm³/mol. The van der Waals surface area contributed by atoms with Crippen LogP contribution in [0.3, 0.4) is 0 Å². The molecule has 4 rings (SSSR count). The van der Waals surface area contributed by atoms with Gasteiger partial charge in [-0.3, -0.25) is 9.69 Å². The highest BCUT2D eigenvalue weighted by atomic mass is 16.5. The molecule has 1 atom stereocenters. The fourth-order valence-corrected chi connectivity index (χ4v) is 4.12. The van der Waals surface area contributed by atoms with Crippen molar-refractivity contribution in [2.24, 2.45) is 0 Å². The van der Waals surface area contributed by atoms with Crippen LogP contribution in [0.2, 0.25) is 0 Å². The van der Waals surface area contributed by atoms with E-state index in [2.05, 4.69) is 60.4 Å². The molecule has 0 radical (unpaired) electrons. The minimum absolute atomic E-state index is 0.148. The second kappa shape index (κ2) is 9.80. The van der Waals surface area contributed by atoms with Crippen LogP contribution >= 0.6 is 0 Å². The van der Waals surface area contributed by atoms with Gasteiger partial charge in [-0.05, 0) is 59.7 Å². The first kappa shape index (κ1) is 21.1. The van der Waals surface area contributed by atoms with Gasteiger partial charge in [-0.15, -0.1) is 0 Å². The Bertz CT molecular complexity index is 1010. The van der Waals surface area contributed by atoms with Gasteiger partial charge in [0.1, 0.15) is 12.4 Å². The second-order valence-electron chi connectivity index (χ2n) is 8.23. The van der Waals surface area contributed by atoms with Gasteiger partial charge in [-0.2, -0.15) is 0 Å². The van der Waals surface area contributed by atoms with Gasteiger partial charge in [-0.25, -0.2) is 0 Å². The van der Waals surface area contributed by atoms with Gasteiger partial charge in [0.25, 0.3) is 0 Å². The molecule has 31 heavy (non-hydrogen) atoms. The summed E-state index contributed by atoms with van der Waals surface area (Å²) in [5.74, 6) is 0.0201. The van der Waals surface area contributed by atoms with E-state index in [1.165, 1.54) is 16.7 Å². The molecule has 1 N–H and O–H groups in total. The van der Waals surface area contributed by atoms with E-state index < -0.39 is 5.97 Å². The summed E-state index contributed by atoms with van der Waals surface area (Å²) in [6.07, 6.45) is 1.80. The number of carbonyl (C=O) groups is 1. The highest BCUT2D eigenvalue weighted by molar-refractivity contribution is 5.67. The molecule has 0 saturated carbocycles. The second-order valence-corrected chi connectivity index (χ2v) is 8.23. The average molecular weight is 416 g/mol. The van der Waals surface area contributed by atoms with Gasteiger partial charge in [0.2, 0.25) is 0 Å². The third kappa shape index (κ3) is 5.53. The molecule has 0 aromatic heterocycles. The van der Waals surface area contributed by atoms with Crippen LogP contribution in [-0.2, 0) is 30.8 Å². The maximum absolute atomic E-state index is 10.7. The van der Waals surface area contributed by atoms with Crippen molar-refractivity contribution in [1.29, 1.82) is 0 Å². The van der Waals surface area contributed by atoms with Crippen molar-refractivity contribution in [3.63, 3.8) is 0 Å². The number of carboxylic acids is 1. The Labute approximate surface area is 184 Å². The minimum Gasteiger partial charge on any atom is -0.489 e. The Morgan fingerprint density at radius 1 is 0.968 bits per heavy atom. The minimum atomic E-state index is -0.775. The van der Waals surface area contributed by atoms with Crippen LogP contribution in [-0.4, -0.2) is 22.5 Å². The number of fused-ring (bicyclic) bond motifs is 1. The Morgan fingerprint density at radius 3 is 2.35 bits per heavy atom. The smallest absolute Gasteiger partial charge is 0.303 e. The molecule has 160 valence electrons. The van der Waals surface area contributed by atoms with Crippen molar-refractivity contribution in [2.45, 2.75) is 45.4 Å². The summed E-state index contributed by atoms with van der Waals surface area (Å²) in [5.41, 5.74) is 6.39. The third-order valence-corrected chi connectivity index (χ3v) is 6.13. The van der Waals surface area contributed by atoms with E-state index in [-0.39, 0.29) is 6.42 Å². The van der Waals surface area contributed by atoms with Crippen molar-refractivity contribution < 1.29 is 14.6 Å². The summed E-state index contributed by atoms with van der Waals surface area (Å²) in [6, 6.07) is 25.5. The van der Waals surface area contributed by atoms with Crippen LogP contribution in [0.15, 0.2) is 72.8 Å². The molecule has 0 fully saturated rings. The largest absolute Gasteiger partial charge is 0.489 e. The van der Waals surface area contributed by atoms with E-state index in [1.807, 2.05) is 24.3 Å². The molecule has 0 amide bonds. The fraction of sp³-hybridized carbons (Fsp3) is 0.296. The zero-order valence-electron chi connectivity index (χ0n) is 18.0. The number of hydrogen-bond acceptors (Lipinski definition) is 3. The number of rotatable bonds is 8. The van der Waals surface area contributed by atoms with Gasteiger partial charge in [0, 0.05) is 25.6 Å². The number of aliphatic carboxylic acids is 1. The molecule has 0 bridgehead atoms. The first-order chi connectivity index (χ1) is 15.1. The lowest BCUT2D eigenvalue weighted by Gasteiger charge is -2.34. The summed E-state index contributed by atoms with van der Waals surface area (Å²) in [7, 11) is 0. The zero-order chi connectivity index (χ0) is 21.6. The standard InChI is InChI=1S/C27H29NO3/c1-20(28-17-16-24-4-2-3-5-25(24)18-28)23-11-6-22(7-12-23)19-31-26-13-8-21(9-14-26)10-15-27(29)30/h2-9,11-14,20H,10,15-19H2,1H3,(H,29,30). The van der Waals surface area contributed by atoms with Crippen LogP contribution < -0.4 is 4.74 Å². The molecular formula is C27H29NO3. The molecule has 0 aliphatic carbocycles. The number of carboxylic acid groups (broad SMARTS) is 1. The fourth-order valence-electron chi connectivity index (χ4n) is 4.12. The number of aryl methyl sites for hydroxylation is 1. The Morgan fingerprint density at radius 2 is 1.65 bits per heavy atom. The van der Waals surface area contributed by atoms with Gasteiger partial charge in [0.15, 0.2) is 0 Å². The lowest BCUT2D eigenvalue weighted by atomic mass is 9.97. The van der Waals surface area contributed by atoms with E-state index >= 15 is 0 Å². The topological polar surface area (TPSA) is 49.8 Å². The van der Waals surface area contributed by atoms with Gasteiger partial charge in [0.05, 0.1) is 0 Å². The highest BCUT2D eigenvalue weighted by Crippen LogP contribution is 2.28. The quantitative estimate of drug-likeness (QED) is 0.535. The third-order valence-electron chi connectivity index (χ3n) is 6.13. The maximum atomic E-state index is 10.7. The van der Waals surface area contributed by atoms with Crippen LogP contribution in [0.4, 0.5) is 0 Å². The first-order valence-electron chi connectivity index (χ1n) is 10.9. The normalized spacial score (nSPS) is 14.6. The number of hydrogen-bond donors (Lipinski definition) is 1. The van der Waals surface area contributed by atoms with Crippen molar-refractivity contribution in [2.75, 3.05) is 6.54 Å². The van der Waals surface area contributed by atoms with Crippen molar-refractivity contribution in [3.05, 3.63) is 101 Å². The van der Waals surface area contributed by atoms with Crippen LogP contribution in [0.25, 0.3) is 0 Å². The monoisotopic (exact) mass is 415 g/mol. The lowest BCUT2D eigenvalue weighted by molar-refractivity contribution is -0.136. The summed E-state index contributed by atoms with van der Waals surface area (Å²) < 4.78 is 5.90. The van der Waals surface area contributed by atoms with E-state index in [0.29, 0.717) is 19.1 Å². The SMILES string of the molecule is CC(c1ccc(COc2ccc(CCC(=O)O)cc2)cc1)N1CCc2ccccc2C1. The number of benzene rings is 3. The molecule has 0 saturated heterocycles. The Kier molecular flexibility index (Phi) is 6.68. The Balaban J connectivity index is 1.31. The summed E-state index contributed by atoms with van der Waals surface area (Å²) in [4.78, 5) is 13.2. The lowest BCUT2D eigenvalue weighted by Crippen LogP contribution is -2.32. The summed E-state index contributed by atoms with van der Waals surface area (Å²) in [5, 5.41) is 8.78. The molecule has 4 heteroatoms. The van der Waals surface area contributed by atoms with Crippen LogP contribution in [0.1, 0.15) is 47.2 Å². The molecule has 1 heterocycles. The van der Waals surface area contributed by atoms with E-state index in [0.717, 1.165) is 36.4 Å². The van der Waals surface area contributed by atoms with Crippen LogP contribution in [0, 0.1) is 0 Å². The molecule has 1 unspecified atom stereocenters. The molecule has 1 aliphatic rings. The van der Waals surface area contributed by atoms with Gasteiger partial charge >= 0.3 is 5.97 Å². The summed E-state index contributed by atoms with van der Waals surface area (Å²) >= 11 is 0. The number of nitrogens with zero attached hydrogens (tertiary/aromatic N) is 1. The Hall–Kier alpha value is -3.11. The van der Waals surface area contributed by atoms with E-state index in [4.69, 9.17) is 9.84 Å². The molecule has 3 aromatic carbocycles. The van der Waals surface area contributed by atoms with Crippen LogP contribution in [0.5, 0.6) is 5.75 Å². The van der Waals surface area contributed by atoms with Gasteiger partial charge in [-0.1, -0.05) is 60.7 Å². The molecular weight excluding hydrogens is 386 g/mol. The first-order valence-corrected chi connectivity index (χ1v) is 10.9. The van der Waals surface area contributed by atoms with E-state index in [9.17, 15) is 4.79 Å². The molecule has 4 nitrogen and oxygen atoms in total. The maximum Gasteiger partial charge on any atom is 0.303 e. The van der Waals surface area contributed by atoms with E-state index in [1.54, 1.807) is 0 Å². The highest BCUT2D eigenvalue weighted by Gasteiger charge is 2.21. The molecule has 3 aromatic rings. The number of ether oxygens (including phenoxy) is 1.